The van der Waals surface area contributed by atoms with Gasteiger partial charge in [0.25, 0.3) is 5.91 Å². The average molecular weight is 243 g/mol. The minimum Gasteiger partial charge on any atom is -0.361 e. The monoisotopic (exact) mass is 243 g/mol. The molecule has 18 heavy (non-hydrogen) atoms. The highest BCUT2D eigenvalue weighted by atomic mass is 16.2. The van der Waals surface area contributed by atoms with Crippen LogP contribution in [-0.2, 0) is 0 Å². The molecule has 2 aromatic rings. The molecule has 0 spiro atoms. The lowest BCUT2D eigenvalue weighted by atomic mass is 10.0. The third-order valence-corrected chi connectivity index (χ3v) is 3.57. The molecule has 0 radical (unpaired) electrons. The summed E-state index contributed by atoms with van der Waals surface area (Å²) in [5, 5.41) is 0.988. The van der Waals surface area contributed by atoms with Crippen LogP contribution in [0.25, 0.3) is 10.9 Å². The number of carbonyl (C=O) groups is 1. The lowest BCUT2D eigenvalue weighted by Crippen LogP contribution is -2.45. The number of nitrogens with one attached hydrogen (secondary N) is 1. The molecule has 0 aliphatic carbocycles. The van der Waals surface area contributed by atoms with Crippen molar-refractivity contribution in [1.82, 2.24) is 9.88 Å². The second-order valence-electron chi connectivity index (χ2n) is 4.90. The lowest BCUT2D eigenvalue weighted by Gasteiger charge is -2.31. The number of aromatic amines is 1. The van der Waals surface area contributed by atoms with Crippen LogP contribution in [0, 0.1) is 0 Å². The van der Waals surface area contributed by atoms with Crippen LogP contribution in [0.2, 0.25) is 0 Å². The van der Waals surface area contributed by atoms with Crippen LogP contribution in [0.15, 0.2) is 30.5 Å². The Bertz CT molecular complexity index is 575. The number of hydrogen-bond acceptors (Lipinski definition) is 2. The first-order valence-corrected chi connectivity index (χ1v) is 6.36. The summed E-state index contributed by atoms with van der Waals surface area (Å²) in [4.78, 5) is 17.5. The Hall–Kier alpha value is -1.81. The number of aromatic nitrogens is 1. The molecular formula is C14H17N3O. The summed E-state index contributed by atoms with van der Waals surface area (Å²) in [5.41, 5.74) is 7.70. The Kier molecular flexibility index (Phi) is 2.80. The quantitative estimate of drug-likeness (QED) is 0.801. The molecule has 4 heteroatoms. The van der Waals surface area contributed by atoms with Crippen LogP contribution < -0.4 is 5.73 Å². The van der Waals surface area contributed by atoms with Gasteiger partial charge >= 0.3 is 0 Å². The van der Waals surface area contributed by atoms with Gasteiger partial charge < -0.3 is 15.6 Å². The highest BCUT2D eigenvalue weighted by Crippen LogP contribution is 2.20. The maximum Gasteiger partial charge on any atom is 0.254 e. The van der Waals surface area contributed by atoms with Crippen molar-refractivity contribution in [2.24, 2.45) is 5.73 Å². The molecule has 0 bridgehead atoms. The summed E-state index contributed by atoms with van der Waals surface area (Å²) in [6.45, 7) is 1.48. The molecule has 3 rings (SSSR count). The van der Waals surface area contributed by atoms with E-state index in [1.807, 2.05) is 35.4 Å². The number of H-pyrrole nitrogens is 1. The standard InChI is InChI=1S/C14H17N3O/c15-10-3-2-8-17(9-10)14(18)12-4-1-5-13-11(12)6-7-16-13/h1,4-7,10,16H,2-3,8-9,15H2. The van der Waals surface area contributed by atoms with Gasteiger partial charge in [-0.3, -0.25) is 4.79 Å². The van der Waals surface area contributed by atoms with E-state index >= 15 is 0 Å². The zero-order valence-corrected chi connectivity index (χ0v) is 10.2. The molecule has 1 aromatic heterocycles. The molecule has 1 aromatic carbocycles. The minimum atomic E-state index is 0.0929. The van der Waals surface area contributed by atoms with Crippen LogP contribution in [0.3, 0.4) is 0 Å². The highest BCUT2D eigenvalue weighted by molar-refractivity contribution is 6.06. The molecule has 1 saturated heterocycles. The van der Waals surface area contributed by atoms with Gasteiger partial charge in [-0.15, -0.1) is 0 Å². The normalized spacial score (nSPS) is 20.3. The molecule has 1 aliphatic rings. The molecule has 1 atom stereocenters. The van der Waals surface area contributed by atoms with E-state index in [0.29, 0.717) is 6.54 Å². The molecule has 1 fully saturated rings. The Morgan fingerprint density at radius 1 is 1.39 bits per heavy atom. The first-order valence-electron chi connectivity index (χ1n) is 6.36. The van der Waals surface area contributed by atoms with Gasteiger partial charge in [0, 0.05) is 41.8 Å². The van der Waals surface area contributed by atoms with E-state index < -0.39 is 0 Å². The Morgan fingerprint density at radius 3 is 3.11 bits per heavy atom. The van der Waals surface area contributed by atoms with E-state index in [4.69, 9.17) is 5.73 Å². The Balaban J connectivity index is 1.94. The van der Waals surface area contributed by atoms with Crippen molar-refractivity contribution in [3.63, 3.8) is 0 Å². The van der Waals surface area contributed by atoms with E-state index in [9.17, 15) is 4.79 Å². The Labute approximate surface area is 106 Å². The molecule has 1 aliphatic heterocycles. The van der Waals surface area contributed by atoms with Crippen molar-refractivity contribution in [2.75, 3.05) is 13.1 Å². The second-order valence-corrected chi connectivity index (χ2v) is 4.90. The van der Waals surface area contributed by atoms with Crippen molar-refractivity contribution in [1.29, 1.82) is 0 Å². The number of nitrogens with two attached hydrogens (primary N) is 1. The SMILES string of the molecule is NC1CCCN(C(=O)c2cccc3[nH]ccc23)C1. The third-order valence-electron chi connectivity index (χ3n) is 3.57. The number of amides is 1. The van der Waals surface area contributed by atoms with Crippen molar-refractivity contribution >= 4 is 16.8 Å². The number of benzene rings is 1. The fourth-order valence-electron chi connectivity index (χ4n) is 2.64. The highest BCUT2D eigenvalue weighted by Gasteiger charge is 2.23. The first kappa shape index (κ1) is 11.3. The van der Waals surface area contributed by atoms with Crippen molar-refractivity contribution in [3.05, 3.63) is 36.0 Å². The summed E-state index contributed by atoms with van der Waals surface area (Å²) in [6, 6.07) is 7.85. The summed E-state index contributed by atoms with van der Waals surface area (Å²) < 4.78 is 0. The van der Waals surface area contributed by atoms with Gasteiger partial charge in [-0.2, -0.15) is 0 Å². The zero-order chi connectivity index (χ0) is 12.5. The van der Waals surface area contributed by atoms with Gasteiger partial charge in [0.05, 0.1) is 0 Å². The largest absolute Gasteiger partial charge is 0.361 e. The number of hydrogen-bond donors (Lipinski definition) is 2. The molecule has 3 N–H and O–H groups in total. The van der Waals surface area contributed by atoms with E-state index in [1.165, 1.54) is 0 Å². The predicted octanol–water partition coefficient (Wildman–Crippen LogP) is 1.73. The van der Waals surface area contributed by atoms with Crippen LogP contribution in [0.4, 0.5) is 0 Å². The Morgan fingerprint density at radius 2 is 2.28 bits per heavy atom. The molecule has 1 amide bonds. The zero-order valence-electron chi connectivity index (χ0n) is 10.2. The van der Waals surface area contributed by atoms with Gasteiger partial charge in [-0.25, -0.2) is 0 Å². The molecular weight excluding hydrogens is 226 g/mol. The van der Waals surface area contributed by atoms with Crippen molar-refractivity contribution in [3.8, 4) is 0 Å². The maximum absolute atomic E-state index is 12.5. The summed E-state index contributed by atoms with van der Waals surface area (Å²) in [5.74, 6) is 0.0929. The molecule has 1 unspecified atom stereocenters. The molecule has 0 saturated carbocycles. The summed E-state index contributed by atoms with van der Waals surface area (Å²) in [6.07, 6.45) is 3.87. The van der Waals surface area contributed by atoms with Crippen molar-refractivity contribution < 1.29 is 4.79 Å². The second kappa shape index (κ2) is 4.46. The number of nitrogens with zero attached hydrogens (tertiary/aromatic N) is 1. The van der Waals surface area contributed by atoms with Crippen LogP contribution >= 0.6 is 0 Å². The number of rotatable bonds is 1. The number of likely N-dealkylation sites (tertiary alicyclic amines) is 1. The topological polar surface area (TPSA) is 62.1 Å². The van der Waals surface area contributed by atoms with Crippen LogP contribution in [0.5, 0.6) is 0 Å². The van der Waals surface area contributed by atoms with Crippen LogP contribution in [0.1, 0.15) is 23.2 Å². The van der Waals surface area contributed by atoms with Gasteiger partial charge in [0.2, 0.25) is 0 Å². The van der Waals surface area contributed by atoms with Gasteiger partial charge in [0.1, 0.15) is 0 Å². The first-order chi connectivity index (χ1) is 8.75. The molecule has 94 valence electrons. The summed E-state index contributed by atoms with van der Waals surface area (Å²) >= 11 is 0. The predicted molar refractivity (Wildman–Crippen MR) is 71.4 cm³/mol. The van der Waals surface area contributed by atoms with Gasteiger partial charge in [-0.05, 0) is 31.0 Å². The fourth-order valence-corrected chi connectivity index (χ4v) is 2.64. The molecule has 2 heterocycles. The smallest absolute Gasteiger partial charge is 0.254 e. The number of piperidine rings is 1. The van der Waals surface area contributed by atoms with E-state index in [2.05, 4.69) is 4.98 Å². The maximum atomic E-state index is 12.5. The third kappa shape index (κ3) is 1.88. The molecule has 4 nitrogen and oxygen atoms in total. The summed E-state index contributed by atoms with van der Waals surface area (Å²) in [7, 11) is 0. The minimum absolute atomic E-state index is 0.0929. The average Bonchev–Trinajstić information content (AvgIpc) is 2.86. The van der Waals surface area contributed by atoms with Gasteiger partial charge in [0.15, 0.2) is 0 Å². The lowest BCUT2D eigenvalue weighted by molar-refractivity contribution is 0.0711. The number of carbonyl (C=O) groups excluding carboxylic acids is 1. The van der Waals surface area contributed by atoms with Crippen LogP contribution in [-0.4, -0.2) is 34.9 Å². The van der Waals surface area contributed by atoms with Gasteiger partial charge in [-0.1, -0.05) is 6.07 Å². The van der Waals surface area contributed by atoms with E-state index in [-0.39, 0.29) is 11.9 Å². The number of fused-ring (bicyclic) bond motifs is 1. The van der Waals surface area contributed by atoms with Crippen molar-refractivity contribution in [2.45, 2.75) is 18.9 Å². The van der Waals surface area contributed by atoms with E-state index in [0.717, 1.165) is 35.9 Å². The van der Waals surface area contributed by atoms with E-state index in [1.54, 1.807) is 0 Å². The fraction of sp³-hybridized carbons (Fsp3) is 0.357.